The van der Waals surface area contributed by atoms with Gasteiger partial charge in [0.15, 0.2) is 5.58 Å². The molecular weight excluding hydrogens is 272 g/mol. The maximum Gasteiger partial charge on any atom is 0.420 e. The molecule has 6 nitrogen and oxygen atoms in total. The standard InChI is InChI=1S/C15H12N2O4/c1-2-4-9-5-3-6-10-13(9)21-15(20)17(10)11-7-8-12(18)16-14(11)19/h3,5-6,11H,7-8H2,1H3,(H,16,18,19). The molecule has 2 heterocycles. The fourth-order valence-corrected chi connectivity index (χ4v) is 2.51. The average molecular weight is 284 g/mol. The molecule has 0 aliphatic carbocycles. The first kappa shape index (κ1) is 13.2. The van der Waals surface area contributed by atoms with Crippen molar-refractivity contribution in [2.24, 2.45) is 0 Å². The van der Waals surface area contributed by atoms with E-state index in [-0.39, 0.29) is 18.7 Å². The number of carbonyl (C=O) groups excluding carboxylic acids is 2. The number of oxazole rings is 1. The predicted octanol–water partition coefficient (Wildman–Crippen LogP) is 0.944. The minimum Gasteiger partial charge on any atom is -0.406 e. The first-order valence-corrected chi connectivity index (χ1v) is 6.52. The summed E-state index contributed by atoms with van der Waals surface area (Å²) in [4.78, 5) is 35.3. The molecule has 1 unspecified atom stereocenters. The summed E-state index contributed by atoms with van der Waals surface area (Å²) >= 11 is 0. The van der Waals surface area contributed by atoms with Crippen molar-refractivity contribution in [1.29, 1.82) is 0 Å². The first-order valence-electron chi connectivity index (χ1n) is 6.52. The van der Waals surface area contributed by atoms with Crippen molar-refractivity contribution in [2.75, 3.05) is 0 Å². The Balaban J connectivity index is 2.19. The van der Waals surface area contributed by atoms with Gasteiger partial charge in [-0.2, -0.15) is 0 Å². The highest BCUT2D eigenvalue weighted by atomic mass is 16.4. The van der Waals surface area contributed by atoms with Gasteiger partial charge in [0.05, 0.1) is 11.1 Å². The summed E-state index contributed by atoms with van der Waals surface area (Å²) in [7, 11) is 0. The molecule has 106 valence electrons. The van der Waals surface area contributed by atoms with E-state index in [2.05, 4.69) is 17.2 Å². The van der Waals surface area contributed by atoms with Crippen LogP contribution >= 0.6 is 0 Å². The van der Waals surface area contributed by atoms with Crippen LogP contribution in [-0.4, -0.2) is 16.4 Å². The Hall–Kier alpha value is -2.81. The van der Waals surface area contributed by atoms with Gasteiger partial charge in [0.25, 0.3) is 0 Å². The topological polar surface area (TPSA) is 81.3 Å². The van der Waals surface area contributed by atoms with Crippen LogP contribution in [0.15, 0.2) is 27.4 Å². The van der Waals surface area contributed by atoms with E-state index in [1.807, 2.05) is 0 Å². The molecule has 0 radical (unpaired) electrons. The van der Waals surface area contributed by atoms with Crippen LogP contribution in [0.25, 0.3) is 11.1 Å². The minimum absolute atomic E-state index is 0.198. The molecule has 1 aromatic carbocycles. The molecule has 1 aromatic heterocycles. The van der Waals surface area contributed by atoms with Gasteiger partial charge in [-0.05, 0) is 25.5 Å². The Labute approximate surface area is 119 Å². The highest BCUT2D eigenvalue weighted by Gasteiger charge is 2.31. The normalized spacial score (nSPS) is 18.2. The summed E-state index contributed by atoms with van der Waals surface area (Å²) in [5, 5.41) is 2.24. The summed E-state index contributed by atoms with van der Waals surface area (Å²) in [5.74, 6) is 4.19. The van der Waals surface area contributed by atoms with Crippen molar-refractivity contribution in [2.45, 2.75) is 25.8 Å². The second kappa shape index (κ2) is 4.94. The van der Waals surface area contributed by atoms with E-state index in [1.165, 1.54) is 4.57 Å². The third-order valence-electron chi connectivity index (χ3n) is 3.42. The molecule has 2 amide bonds. The number of benzene rings is 1. The SMILES string of the molecule is CC#Cc1cccc2c1oc(=O)n2C1CCC(=O)NC1=O. The van der Waals surface area contributed by atoms with E-state index >= 15 is 0 Å². The van der Waals surface area contributed by atoms with E-state index in [0.29, 0.717) is 16.7 Å². The first-order chi connectivity index (χ1) is 10.1. The van der Waals surface area contributed by atoms with E-state index in [1.54, 1.807) is 25.1 Å². The highest BCUT2D eigenvalue weighted by molar-refractivity contribution is 6.00. The van der Waals surface area contributed by atoms with Crippen molar-refractivity contribution in [3.63, 3.8) is 0 Å². The van der Waals surface area contributed by atoms with Gasteiger partial charge in [0.1, 0.15) is 6.04 Å². The zero-order chi connectivity index (χ0) is 15.0. The summed E-state index contributed by atoms with van der Waals surface area (Å²) < 4.78 is 6.54. The Morgan fingerprint density at radius 2 is 2.14 bits per heavy atom. The van der Waals surface area contributed by atoms with Crippen LogP contribution < -0.4 is 11.1 Å². The average Bonchev–Trinajstić information content (AvgIpc) is 2.77. The fourth-order valence-electron chi connectivity index (χ4n) is 2.51. The van der Waals surface area contributed by atoms with E-state index in [4.69, 9.17) is 4.42 Å². The molecule has 1 saturated heterocycles. The molecule has 1 N–H and O–H groups in total. The molecule has 0 saturated carbocycles. The molecular formula is C15H12N2O4. The smallest absolute Gasteiger partial charge is 0.406 e. The van der Waals surface area contributed by atoms with E-state index in [9.17, 15) is 14.4 Å². The number of para-hydroxylation sites is 1. The molecule has 1 aliphatic rings. The van der Waals surface area contributed by atoms with Crippen LogP contribution in [0.5, 0.6) is 0 Å². The maximum atomic E-state index is 12.1. The van der Waals surface area contributed by atoms with Gasteiger partial charge in [-0.3, -0.25) is 19.5 Å². The minimum atomic E-state index is -0.735. The number of carbonyl (C=O) groups is 2. The lowest BCUT2D eigenvalue weighted by Gasteiger charge is -2.21. The number of piperidine rings is 1. The number of nitrogens with zero attached hydrogens (tertiary/aromatic N) is 1. The second-order valence-electron chi connectivity index (χ2n) is 4.73. The summed E-state index contributed by atoms with van der Waals surface area (Å²) in [6, 6.07) is 4.46. The second-order valence-corrected chi connectivity index (χ2v) is 4.73. The van der Waals surface area contributed by atoms with Crippen LogP contribution in [0.3, 0.4) is 0 Å². The summed E-state index contributed by atoms with van der Waals surface area (Å²) in [6.45, 7) is 1.69. The molecule has 21 heavy (non-hydrogen) atoms. The van der Waals surface area contributed by atoms with Crippen LogP contribution in [0, 0.1) is 11.8 Å². The maximum absolute atomic E-state index is 12.1. The number of nitrogens with one attached hydrogen (secondary N) is 1. The number of imide groups is 1. The van der Waals surface area contributed by atoms with Gasteiger partial charge < -0.3 is 4.42 Å². The molecule has 6 heteroatoms. The van der Waals surface area contributed by atoms with Crippen LogP contribution in [0.4, 0.5) is 0 Å². The van der Waals surface area contributed by atoms with E-state index in [0.717, 1.165) is 0 Å². The Bertz CT molecular complexity index is 863. The number of hydrogen-bond acceptors (Lipinski definition) is 4. The Morgan fingerprint density at radius 1 is 1.33 bits per heavy atom. The number of fused-ring (bicyclic) bond motifs is 1. The van der Waals surface area contributed by atoms with Gasteiger partial charge in [-0.15, -0.1) is 5.92 Å². The molecule has 3 rings (SSSR count). The Morgan fingerprint density at radius 3 is 2.86 bits per heavy atom. The molecule has 1 aliphatic heterocycles. The van der Waals surface area contributed by atoms with Crippen molar-refractivity contribution < 1.29 is 14.0 Å². The number of rotatable bonds is 1. The number of aromatic nitrogens is 1. The lowest BCUT2D eigenvalue weighted by molar-refractivity contribution is -0.135. The third kappa shape index (κ3) is 2.13. The quantitative estimate of drug-likeness (QED) is 0.624. The van der Waals surface area contributed by atoms with Gasteiger partial charge in [-0.1, -0.05) is 12.0 Å². The van der Waals surface area contributed by atoms with E-state index < -0.39 is 17.7 Å². The number of amides is 2. The molecule has 0 spiro atoms. The van der Waals surface area contributed by atoms with Gasteiger partial charge >= 0.3 is 5.76 Å². The Kier molecular flexibility index (Phi) is 3.10. The number of hydrogen-bond donors (Lipinski definition) is 1. The molecule has 1 fully saturated rings. The van der Waals surface area contributed by atoms with Crippen molar-refractivity contribution in [3.05, 3.63) is 34.3 Å². The largest absolute Gasteiger partial charge is 0.420 e. The van der Waals surface area contributed by atoms with Crippen molar-refractivity contribution in [3.8, 4) is 11.8 Å². The molecule has 2 aromatic rings. The van der Waals surface area contributed by atoms with Gasteiger partial charge in [0.2, 0.25) is 11.8 Å². The lowest BCUT2D eigenvalue weighted by atomic mass is 10.1. The van der Waals surface area contributed by atoms with Gasteiger partial charge in [-0.25, -0.2) is 4.79 Å². The highest BCUT2D eigenvalue weighted by Crippen LogP contribution is 2.24. The predicted molar refractivity (Wildman–Crippen MR) is 74.4 cm³/mol. The van der Waals surface area contributed by atoms with Crippen LogP contribution in [-0.2, 0) is 9.59 Å². The van der Waals surface area contributed by atoms with Crippen molar-refractivity contribution in [1.82, 2.24) is 9.88 Å². The van der Waals surface area contributed by atoms with Crippen LogP contribution in [0.2, 0.25) is 0 Å². The summed E-state index contributed by atoms with van der Waals surface area (Å²) in [5.41, 5.74) is 1.47. The lowest BCUT2D eigenvalue weighted by Crippen LogP contribution is -2.43. The fraction of sp³-hybridized carbons (Fsp3) is 0.267. The zero-order valence-electron chi connectivity index (χ0n) is 11.3. The van der Waals surface area contributed by atoms with Gasteiger partial charge in [0, 0.05) is 6.42 Å². The zero-order valence-corrected chi connectivity index (χ0v) is 11.3. The van der Waals surface area contributed by atoms with Crippen LogP contribution in [0.1, 0.15) is 31.4 Å². The monoisotopic (exact) mass is 284 g/mol. The summed E-state index contributed by atoms with van der Waals surface area (Å²) in [6.07, 6.45) is 0.479. The third-order valence-corrected chi connectivity index (χ3v) is 3.42. The van der Waals surface area contributed by atoms with Crippen molar-refractivity contribution >= 4 is 22.9 Å². The molecule has 1 atom stereocenters. The molecule has 0 bridgehead atoms.